The maximum Gasteiger partial charge on any atom is 0.303 e. The molecule has 0 aliphatic carbocycles. The number of benzene rings is 2. The minimum atomic E-state index is -1.30. The van der Waals surface area contributed by atoms with E-state index in [9.17, 15) is 72.9 Å². The normalized spacial score (nSPS) is 18.8. The molecular weight excluding hydrogens is 1140 g/mol. The number of hydrogen-bond donors (Lipinski definition) is 11. The van der Waals surface area contributed by atoms with Crippen LogP contribution in [0.2, 0.25) is 0 Å². The lowest BCUT2D eigenvalue weighted by Crippen LogP contribution is -2.54. The smallest absolute Gasteiger partial charge is 0.303 e. The molecule has 476 valence electrons. The van der Waals surface area contributed by atoms with Crippen molar-refractivity contribution in [1.82, 2.24) is 40.9 Å². The minimum Gasteiger partial charge on any atom is -0.481 e. The number of nitrogens with two attached hydrogens (primary N) is 4. The lowest BCUT2D eigenvalue weighted by Gasteiger charge is -2.32. The van der Waals surface area contributed by atoms with E-state index in [2.05, 4.69) is 21.3 Å². The van der Waals surface area contributed by atoms with Crippen LogP contribution in [0, 0.1) is 0 Å². The predicted octanol–water partition coefficient (Wildman–Crippen LogP) is -0.0999. The van der Waals surface area contributed by atoms with Crippen molar-refractivity contribution in [3.8, 4) is 0 Å². The molecule has 0 saturated heterocycles. The quantitative estimate of drug-likeness (QED) is 0.0457. The van der Waals surface area contributed by atoms with Crippen LogP contribution in [0.15, 0.2) is 54.6 Å². The Labute approximate surface area is 505 Å². The SMILES string of the molecule is NCCCCC1CN(C(=O)CCCN)CC(=O)NC(CCCCN)CN(C(=O)CCc2ccccc2)CC(=O)N[C@@H](CCC(=O)O)CN(CC(N)=O)C(=O)CCSCc2ccc(cc2)C(=O)NC(CCC(=O)O)CN(C(=O)CCC(=O)O)CC(=O)N1. The summed E-state index contributed by atoms with van der Waals surface area (Å²) in [6.07, 6.45) is 0.220. The van der Waals surface area contributed by atoms with Crippen molar-refractivity contribution in [2.45, 2.75) is 139 Å². The van der Waals surface area contributed by atoms with Gasteiger partial charge in [0.15, 0.2) is 0 Å². The highest BCUT2D eigenvalue weighted by molar-refractivity contribution is 7.98. The van der Waals surface area contributed by atoms with Crippen molar-refractivity contribution >= 4 is 82.8 Å². The fourth-order valence-electron chi connectivity index (χ4n) is 9.48. The van der Waals surface area contributed by atoms with Crippen LogP contribution >= 0.6 is 11.8 Å². The first kappa shape index (κ1) is 72.6. The van der Waals surface area contributed by atoms with Crippen molar-refractivity contribution in [3.05, 3.63) is 71.3 Å². The number of carboxylic acids is 3. The summed E-state index contributed by atoms with van der Waals surface area (Å²) in [6.45, 7) is -2.85. The number of aliphatic carboxylic acids is 3. The number of carbonyl (C=O) groups excluding carboxylic acids is 9. The maximum absolute atomic E-state index is 14.4. The Kier molecular flexibility index (Phi) is 34.3. The molecule has 28 heteroatoms. The topological polar surface area (TPSA) is 431 Å². The summed E-state index contributed by atoms with van der Waals surface area (Å²) in [7, 11) is 0. The standard InChI is InChI=1S/C58H88N12O15S/c59-27-6-4-11-43-31-68(51(75)13-8-29-61)36-48(72)64-44(12-5-7-28-60)32-69(52(76)21-16-40-9-2-1-3-10-40)38-50(74)65-45(19-23-55(79)80)33-67(35-47(62)71)54(78)26-30-86-39-41-14-17-42(18-15-41)58(85)66-46(20-24-56(81)82)34-70(37-49(73)63-43)53(77)22-25-57(83)84/h1-3,9-10,14-15,17-18,43-46H,4-8,11-13,16,19-39,59-61H2,(H2,62,71)(H,63,73)(H,64,72)(H,65,74)(H,66,85)(H,79,80)(H,81,82)(H,83,84)/t43?,44?,45-,46?/m0/s1. The van der Waals surface area contributed by atoms with Gasteiger partial charge in [-0.05, 0) is 94.3 Å². The third kappa shape index (κ3) is 30.4. The Morgan fingerprint density at radius 2 is 0.965 bits per heavy atom. The monoisotopic (exact) mass is 1220 g/mol. The van der Waals surface area contributed by atoms with Gasteiger partial charge in [-0.25, -0.2) is 0 Å². The molecule has 27 nitrogen and oxygen atoms in total. The number of rotatable bonds is 25. The van der Waals surface area contributed by atoms with E-state index in [1.54, 1.807) is 12.1 Å². The Morgan fingerprint density at radius 3 is 1.43 bits per heavy atom. The van der Waals surface area contributed by atoms with Gasteiger partial charge >= 0.3 is 17.9 Å². The number of nitrogens with one attached hydrogen (secondary N) is 4. The second-order valence-corrected chi connectivity index (χ2v) is 22.3. The van der Waals surface area contributed by atoms with Gasteiger partial charge in [0.05, 0.1) is 32.6 Å². The Morgan fingerprint density at radius 1 is 0.512 bits per heavy atom. The number of primary amides is 1. The van der Waals surface area contributed by atoms with Gasteiger partial charge in [-0.1, -0.05) is 55.3 Å². The number of nitrogens with zero attached hydrogens (tertiary/aromatic N) is 4. The molecule has 2 heterocycles. The van der Waals surface area contributed by atoms with Crippen LogP contribution in [0.5, 0.6) is 0 Å². The Hall–Kier alpha value is -7.69. The molecule has 9 amide bonds. The summed E-state index contributed by atoms with van der Waals surface area (Å²) >= 11 is 1.34. The number of fused-ring (bicyclic) bond motifs is 29. The van der Waals surface area contributed by atoms with Gasteiger partial charge in [0.1, 0.15) is 0 Å². The fourth-order valence-corrected chi connectivity index (χ4v) is 10.4. The lowest BCUT2D eigenvalue weighted by molar-refractivity contribution is -0.142. The average molecular weight is 1230 g/mol. The van der Waals surface area contributed by atoms with Crippen LogP contribution in [0.1, 0.15) is 124 Å². The molecule has 0 fully saturated rings. The highest BCUT2D eigenvalue weighted by Gasteiger charge is 2.30. The maximum atomic E-state index is 14.4. The van der Waals surface area contributed by atoms with Crippen LogP contribution in [0.4, 0.5) is 0 Å². The zero-order chi connectivity index (χ0) is 63.4. The molecule has 0 radical (unpaired) electrons. The third-order valence-corrected chi connectivity index (χ3v) is 15.0. The van der Waals surface area contributed by atoms with Gasteiger partial charge in [0.25, 0.3) is 5.91 Å². The van der Waals surface area contributed by atoms with E-state index in [0.29, 0.717) is 38.0 Å². The molecule has 2 aromatic carbocycles. The zero-order valence-electron chi connectivity index (χ0n) is 49.0. The number of thioether (sulfide) groups is 1. The van der Waals surface area contributed by atoms with E-state index in [1.165, 1.54) is 33.7 Å². The number of amides is 9. The molecule has 2 aromatic rings. The van der Waals surface area contributed by atoms with Crippen molar-refractivity contribution in [1.29, 1.82) is 0 Å². The lowest BCUT2D eigenvalue weighted by atomic mass is 10.1. The van der Waals surface area contributed by atoms with Gasteiger partial charge in [0, 0.05) is 106 Å². The number of carboxylic acid groups (broad SMARTS) is 3. The second kappa shape index (κ2) is 40.6. The van der Waals surface area contributed by atoms with E-state index in [1.807, 2.05) is 30.3 Å². The van der Waals surface area contributed by atoms with E-state index in [4.69, 9.17) is 22.9 Å². The van der Waals surface area contributed by atoms with Crippen LogP contribution < -0.4 is 44.2 Å². The number of aryl methyl sites for hydroxylation is 1. The first-order valence-corrected chi connectivity index (χ1v) is 30.3. The molecular formula is C58H88N12O15S. The molecule has 4 rings (SSSR count). The molecule has 4 atom stereocenters. The van der Waals surface area contributed by atoms with Crippen molar-refractivity contribution < 1.29 is 72.9 Å². The minimum absolute atomic E-state index is 0.0653. The van der Waals surface area contributed by atoms with Gasteiger partial charge in [-0.3, -0.25) is 57.5 Å². The van der Waals surface area contributed by atoms with Gasteiger partial charge < -0.3 is 79.1 Å². The van der Waals surface area contributed by atoms with Gasteiger partial charge in [-0.15, -0.1) is 0 Å². The molecule has 3 unspecified atom stereocenters. The van der Waals surface area contributed by atoms with E-state index < -0.39 is 154 Å². The van der Waals surface area contributed by atoms with Crippen LogP contribution in [-0.2, 0) is 64.9 Å². The van der Waals surface area contributed by atoms with E-state index >= 15 is 0 Å². The van der Waals surface area contributed by atoms with Crippen molar-refractivity contribution in [3.63, 3.8) is 0 Å². The molecule has 2 aliphatic rings. The van der Waals surface area contributed by atoms with Crippen molar-refractivity contribution in [2.75, 3.05) is 77.7 Å². The summed E-state index contributed by atoms with van der Waals surface area (Å²) in [5.74, 6) is -9.10. The summed E-state index contributed by atoms with van der Waals surface area (Å²) < 4.78 is 0. The first-order valence-electron chi connectivity index (χ1n) is 29.1. The highest BCUT2D eigenvalue weighted by Crippen LogP contribution is 2.18. The molecule has 0 saturated carbocycles. The number of unbranched alkanes of at least 4 members (excludes halogenated alkanes) is 2. The molecule has 2 bridgehead atoms. The zero-order valence-corrected chi connectivity index (χ0v) is 49.8. The number of hydrogen-bond acceptors (Lipinski definition) is 16. The second-order valence-electron chi connectivity index (χ2n) is 21.2. The average Bonchev–Trinajstić information content (AvgIpc) is 3.65. The molecule has 0 spiro atoms. The molecule has 86 heavy (non-hydrogen) atoms. The molecule has 15 N–H and O–H groups in total. The summed E-state index contributed by atoms with van der Waals surface area (Å²) in [6, 6.07) is 11.6. The fraction of sp³-hybridized carbons (Fsp3) is 0.586. The van der Waals surface area contributed by atoms with Crippen LogP contribution in [-0.4, -0.2) is 208 Å². The summed E-state index contributed by atoms with van der Waals surface area (Å²) in [4.78, 5) is 165. The van der Waals surface area contributed by atoms with Gasteiger partial charge in [-0.2, -0.15) is 11.8 Å². The summed E-state index contributed by atoms with van der Waals surface area (Å²) in [5.41, 5.74) is 24.8. The first-order chi connectivity index (χ1) is 41.1. The van der Waals surface area contributed by atoms with E-state index in [0.717, 1.165) is 20.9 Å². The Bertz CT molecular complexity index is 2550. The third-order valence-electron chi connectivity index (χ3n) is 13.9. The number of carbonyl (C=O) groups is 12. The summed E-state index contributed by atoms with van der Waals surface area (Å²) in [5, 5.41) is 40.2. The molecule has 0 aromatic heterocycles. The Balaban J connectivity index is 2.18. The van der Waals surface area contributed by atoms with E-state index in [-0.39, 0.29) is 102 Å². The predicted molar refractivity (Wildman–Crippen MR) is 319 cm³/mol. The molecule has 2 aliphatic heterocycles. The highest BCUT2D eigenvalue weighted by atomic mass is 32.2. The van der Waals surface area contributed by atoms with Crippen LogP contribution in [0.25, 0.3) is 0 Å². The van der Waals surface area contributed by atoms with Crippen molar-refractivity contribution in [2.24, 2.45) is 22.9 Å². The van der Waals surface area contributed by atoms with Gasteiger partial charge in [0.2, 0.25) is 47.3 Å². The van der Waals surface area contributed by atoms with Crippen LogP contribution in [0.3, 0.4) is 0 Å². The largest absolute Gasteiger partial charge is 0.481 e.